The van der Waals surface area contributed by atoms with Crippen LogP contribution in [0.1, 0.15) is 37.7 Å². The molecule has 0 unspecified atom stereocenters. The average Bonchev–Trinajstić information content (AvgIpc) is 3.33. The Morgan fingerprint density at radius 3 is 2.47 bits per heavy atom. The van der Waals surface area contributed by atoms with E-state index in [2.05, 4.69) is 15.5 Å². The second kappa shape index (κ2) is 9.47. The molecule has 0 aliphatic heterocycles. The lowest BCUT2D eigenvalue weighted by molar-refractivity contribution is -0.137. The van der Waals surface area contributed by atoms with Crippen LogP contribution in [0.25, 0.3) is 5.69 Å². The van der Waals surface area contributed by atoms with Gasteiger partial charge >= 0.3 is 0 Å². The van der Waals surface area contributed by atoms with Crippen molar-refractivity contribution in [3.63, 3.8) is 0 Å². The number of nitrogens with zero attached hydrogens (tertiary/aromatic N) is 5. The van der Waals surface area contributed by atoms with Crippen molar-refractivity contribution in [1.82, 2.24) is 25.1 Å². The number of benzene rings is 2. The summed E-state index contributed by atoms with van der Waals surface area (Å²) in [5, 5.41) is 11.1. The molecule has 0 bridgehead atoms. The van der Waals surface area contributed by atoms with Gasteiger partial charge in [-0.2, -0.15) is 0 Å². The molecule has 156 valence electrons. The van der Waals surface area contributed by atoms with Crippen molar-refractivity contribution >= 4 is 5.91 Å². The summed E-state index contributed by atoms with van der Waals surface area (Å²) in [6.45, 7) is 0.424. The van der Waals surface area contributed by atoms with Gasteiger partial charge in [-0.1, -0.05) is 31.4 Å². The minimum Gasteiger partial charge on any atom is -0.484 e. The maximum Gasteiger partial charge on any atom is 0.261 e. The number of tetrazole rings is 1. The van der Waals surface area contributed by atoms with E-state index >= 15 is 0 Å². The van der Waals surface area contributed by atoms with Gasteiger partial charge < -0.3 is 9.64 Å². The van der Waals surface area contributed by atoms with Gasteiger partial charge in [-0.15, -0.1) is 5.10 Å². The molecular weight excluding hydrogens is 385 g/mol. The van der Waals surface area contributed by atoms with Crippen molar-refractivity contribution in [3.05, 3.63) is 66.2 Å². The summed E-state index contributed by atoms with van der Waals surface area (Å²) in [4.78, 5) is 14.9. The number of carbonyl (C=O) groups is 1. The second-order valence-electron chi connectivity index (χ2n) is 7.48. The number of ether oxygens (including phenoxy) is 1. The fourth-order valence-electron chi connectivity index (χ4n) is 3.80. The number of carbonyl (C=O) groups excluding carboxylic acids is 1. The van der Waals surface area contributed by atoms with Gasteiger partial charge in [0.2, 0.25) is 0 Å². The van der Waals surface area contributed by atoms with E-state index in [4.69, 9.17) is 4.74 Å². The number of hydrogen-bond acceptors (Lipinski definition) is 5. The summed E-state index contributed by atoms with van der Waals surface area (Å²) in [5.41, 5.74) is 1.72. The van der Waals surface area contributed by atoms with Crippen molar-refractivity contribution in [2.45, 2.75) is 44.7 Å². The Morgan fingerprint density at radius 1 is 1.07 bits per heavy atom. The molecule has 1 aromatic heterocycles. The van der Waals surface area contributed by atoms with Crippen LogP contribution in [-0.4, -0.2) is 43.7 Å². The summed E-state index contributed by atoms with van der Waals surface area (Å²) in [6, 6.07) is 13.8. The average molecular weight is 409 g/mol. The molecule has 0 radical (unpaired) electrons. The first-order valence-electron chi connectivity index (χ1n) is 10.2. The minimum absolute atomic E-state index is 0.0398. The van der Waals surface area contributed by atoms with Gasteiger partial charge in [-0.05, 0) is 65.2 Å². The highest BCUT2D eigenvalue weighted by Gasteiger charge is 2.26. The topological polar surface area (TPSA) is 73.1 Å². The molecule has 1 saturated carbocycles. The molecule has 7 nitrogen and oxygen atoms in total. The lowest BCUT2D eigenvalue weighted by atomic mass is 9.93. The number of halogens is 1. The minimum atomic E-state index is -0.275. The van der Waals surface area contributed by atoms with Crippen LogP contribution in [0.4, 0.5) is 4.39 Å². The van der Waals surface area contributed by atoms with Gasteiger partial charge in [-0.3, -0.25) is 4.79 Å². The van der Waals surface area contributed by atoms with E-state index in [1.54, 1.807) is 28.9 Å². The van der Waals surface area contributed by atoms with Gasteiger partial charge in [-0.25, -0.2) is 9.07 Å². The third kappa shape index (κ3) is 5.00. The van der Waals surface area contributed by atoms with Crippen molar-refractivity contribution < 1.29 is 13.9 Å². The van der Waals surface area contributed by atoms with E-state index in [9.17, 15) is 9.18 Å². The molecule has 1 fully saturated rings. The van der Waals surface area contributed by atoms with Crippen LogP contribution in [0.3, 0.4) is 0 Å². The van der Waals surface area contributed by atoms with Crippen LogP contribution in [0, 0.1) is 5.82 Å². The van der Waals surface area contributed by atoms with Gasteiger partial charge in [0.15, 0.2) is 6.61 Å². The van der Waals surface area contributed by atoms with Crippen LogP contribution < -0.4 is 4.74 Å². The summed E-state index contributed by atoms with van der Waals surface area (Å²) in [6.07, 6.45) is 6.95. The molecule has 2 aromatic carbocycles. The summed E-state index contributed by atoms with van der Waals surface area (Å²) in [7, 11) is 0. The summed E-state index contributed by atoms with van der Waals surface area (Å²) >= 11 is 0. The number of hydrogen-bond donors (Lipinski definition) is 0. The van der Waals surface area contributed by atoms with Crippen molar-refractivity contribution in [2.24, 2.45) is 0 Å². The Balaban J connectivity index is 1.41. The van der Waals surface area contributed by atoms with Crippen molar-refractivity contribution in [2.75, 3.05) is 6.61 Å². The Morgan fingerprint density at radius 2 is 1.80 bits per heavy atom. The number of rotatable bonds is 7. The Kier molecular flexibility index (Phi) is 6.32. The highest BCUT2D eigenvalue weighted by molar-refractivity contribution is 5.78. The molecule has 1 aliphatic rings. The predicted octanol–water partition coefficient (Wildman–Crippen LogP) is 3.54. The van der Waals surface area contributed by atoms with Gasteiger partial charge in [0.25, 0.3) is 5.91 Å². The van der Waals surface area contributed by atoms with Crippen LogP contribution in [0.15, 0.2) is 54.9 Å². The quantitative estimate of drug-likeness (QED) is 0.597. The van der Waals surface area contributed by atoms with E-state index in [1.165, 1.54) is 24.9 Å². The molecule has 30 heavy (non-hydrogen) atoms. The molecule has 3 aromatic rings. The molecule has 8 heteroatoms. The van der Waals surface area contributed by atoms with Crippen LogP contribution in [0.5, 0.6) is 5.75 Å². The van der Waals surface area contributed by atoms with Crippen LogP contribution in [0.2, 0.25) is 0 Å². The van der Waals surface area contributed by atoms with Gasteiger partial charge in [0, 0.05) is 12.6 Å². The Hall–Kier alpha value is -3.29. The zero-order chi connectivity index (χ0) is 20.8. The normalized spacial score (nSPS) is 14.4. The first-order chi connectivity index (χ1) is 14.7. The van der Waals surface area contributed by atoms with Crippen molar-refractivity contribution in [3.8, 4) is 11.4 Å². The molecular formula is C22H24FN5O2. The smallest absolute Gasteiger partial charge is 0.261 e. The summed E-state index contributed by atoms with van der Waals surface area (Å²) < 4.78 is 20.6. The zero-order valence-corrected chi connectivity index (χ0v) is 16.7. The van der Waals surface area contributed by atoms with E-state index in [-0.39, 0.29) is 24.4 Å². The molecule has 0 N–H and O–H groups in total. The number of aromatic nitrogens is 4. The maximum atomic E-state index is 13.3. The lowest BCUT2D eigenvalue weighted by Crippen LogP contribution is -2.43. The fourth-order valence-corrected chi connectivity index (χ4v) is 3.80. The van der Waals surface area contributed by atoms with Gasteiger partial charge in [0.1, 0.15) is 17.9 Å². The van der Waals surface area contributed by atoms with Crippen LogP contribution in [-0.2, 0) is 11.3 Å². The number of amides is 1. The van der Waals surface area contributed by atoms with E-state index in [0.29, 0.717) is 12.3 Å². The second-order valence-corrected chi connectivity index (χ2v) is 7.48. The molecule has 0 spiro atoms. The van der Waals surface area contributed by atoms with Crippen LogP contribution >= 0.6 is 0 Å². The molecule has 1 aliphatic carbocycles. The highest BCUT2D eigenvalue weighted by Crippen LogP contribution is 2.25. The van der Waals surface area contributed by atoms with E-state index in [0.717, 1.165) is 36.9 Å². The first-order valence-corrected chi connectivity index (χ1v) is 10.2. The third-order valence-corrected chi connectivity index (χ3v) is 5.41. The highest BCUT2D eigenvalue weighted by atomic mass is 19.1. The molecule has 1 heterocycles. The Labute approximate surface area is 174 Å². The predicted molar refractivity (Wildman–Crippen MR) is 108 cm³/mol. The maximum absolute atomic E-state index is 13.3. The standard InChI is InChI=1S/C22H24FN5O2/c23-18-8-6-17(7-9-18)14-27(19-4-2-1-3-5-19)22(29)15-30-21-12-10-20(11-13-21)28-16-24-25-26-28/h6-13,16,19H,1-5,14-15H2. The SMILES string of the molecule is O=C(COc1ccc(-n2cnnn2)cc1)N(Cc1ccc(F)cc1)C1CCCCC1. The molecule has 0 atom stereocenters. The summed E-state index contributed by atoms with van der Waals surface area (Å²) in [5.74, 6) is 0.268. The molecule has 4 rings (SSSR count). The van der Waals surface area contributed by atoms with E-state index in [1.807, 2.05) is 17.0 Å². The first kappa shape index (κ1) is 20.0. The van der Waals surface area contributed by atoms with Gasteiger partial charge in [0.05, 0.1) is 5.69 Å². The molecule has 1 amide bonds. The fraction of sp³-hybridized carbons (Fsp3) is 0.364. The lowest BCUT2D eigenvalue weighted by Gasteiger charge is -2.34. The van der Waals surface area contributed by atoms with E-state index < -0.39 is 0 Å². The monoisotopic (exact) mass is 409 g/mol. The van der Waals surface area contributed by atoms with Crippen molar-refractivity contribution in [1.29, 1.82) is 0 Å². The Bertz CT molecular complexity index is 939. The third-order valence-electron chi connectivity index (χ3n) is 5.41. The molecule has 0 saturated heterocycles. The zero-order valence-electron chi connectivity index (χ0n) is 16.7. The largest absolute Gasteiger partial charge is 0.484 e.